The Hall–Kier alpha value is -4.46. The summed E-state index contributed by atoms with van der Waals surface area (Å²) in [6.07, 6.45) is 5.17. The average Bonchev–Trinajstić information content (AvgIpc) is 3.27. The minimum Gasteiger partial charge on any atom is -0.490 e. The van der Waals surface area contributed by atoms with Crippen LogP contribution >= 0.6 is 0 Å². The van der Waals surface area contributed by atoms with Crippen molar-refractivity contribution in [3.05, 3.63) is 85.7 Å². The maximum absolute atomic E-state index is 12.7. The number of carbonyl (C=O) groups excluding carboxylic acids is 1. The van der Waals surface area contributed by atoms with Crippen LogP contribution in [0, 0.1) is 0 Å². The van der Waals surface area contributed by atoms with Gasteiger partial charge in [-0.3, -0.25) is 4.79 Å². The number of fused-ring (bicyclic) bond motifs is 2. The van der Waals surface area contributed by atoms with Crippen molar-refractivity contribution in [2.75, 3.05) is 23.8 Å². The van der Waals surface area contributed by atoms with Gasteiger partial charge in [-0.1, -0.05) is 37.4 Å². The van der Waals surface area contributed by atoms with E-state index >= 15 is 0 Å². The van der Waals surface area contributed by atoms with Crippen LogP contribution in [0.25, 0.3) is 22.3 Å². The Morgan fingerprint density at radius 1 is 1.15 bits per heavy atom. The van der Waals surface area contributed by atoms with Crippen LogP contribution in [-0.2, 0) is 11.2 Å². The number of nitrogens with two attached hydrogens (primary N) is 1. The number of anilines is 2. The molecule has 170 valence electrons. The predicted octanol–water partition coefficient (Wildman–Crippen LogP) is 3.96. The lowest BCUT2D eigenvalue weighted by molar-refractivity contribution is -0.114. The van der Waals surface area contributed by atoms with Gasteiger partial charge in [-0.2, -0.15) is 5.10 Å². The molecule has 34 heavy (non-hydrogen) atoms. The first kappa shape index (κ1) is 21.4. The standard InChI is InChI=1S/C26H24N6O2/c1-3-13-34-20-11-9-17(10-12-20)24-23-25(27)28-16-29-26(23)32(30-24)19-14-18-7-5-6-8-21(18)31(15-19)22(33)4-2/h3-12,16,19H,1-2,13-15H2,(H2,27,28,29). The SMILES string of the molecule is C=CCOc1ccc(-c2nn(C3Cc4ccccc4N(C(=O)C=C)C3)c3ncnc(N)c23)cc1. The third-order valence-corrected chi connectivity index (χ3v) is 5.93. The number of aromatic nitrogens is 4. The molecule has 0 saturated carbocycles. The van der Waals surface area contributed by atoms with Crippen molar-refractivity contribution < 1.29 is 9.53 Å². The molecular weight excluding hydrogens is 428 g/mol. The van der Waals surface area contributed by atoms with Crippen LogP contribution in [0.2, 0.25) is 0 Å². The number of hydrogen-bond donors (Lipinski definition) is 1. The highest BCUT2D eigenvalue weighted by atomic mass is 16.5. The zero-order valence-corrected chi connectivity index (χ0v) is 18.6. The Balaban J connectivity index is 1.60. The Morgan fingerprint density at radius 3 is 2.71 bits per heavy atom. The molecule has 8 nitrogen and oxygen atoms in total. The summed E-state index contributed by atoms with van der Waals surface area (Å²) in [5.74, 6) is 0.936. The average molecular weight is 453 g/mol. The van der Waals surface area contributed by atoms with Gasteiger partial charge in [0.25, 0.3) is 0 Å². The van der Waals surface area contributed by atoms with Crippen LogP contribution in [0.4, 0.5) is 11.5 Å². The molecular formula is C26H24N6O2. The van der Waals surface area contributed by atoms with Gasteiger partial charge in [-0.05, 0) is 48.4 Å². The summed E-state index contributed by atoms with van der Waals surface area (Å²) in [5.41, 5.74) is 10.4. The van der Waals surface area contributed by atoms with Crippen LogP contribution < -0.4 is 15.4 Å². The quantitative estimate of drug-likeness (QED) is 0.351. The molecule has 2 N–H and O–H groups in total. The summed E-state index contributed by atoms with van der Waals surface area (Å²) in [6, 6.07) is 15.4. The molecule has 5 rings (SSSR count). The van der Waals surface area contributed by atoms with Crippen LogP contribution in [0.5, 0.6) is 5.75 Å². The number of amides is 1. The Labute approximate surface area is 197 Å². The number of rotatable bonds is 6. The summed E-state index contributed by atoms with van der Waals surface area (Å²) in [6.45, 7) is 8.22. The zero-order chi connectivity index (χ0) is 23.7. The lowest BCUT2D eigenvalue weighted by atomic mass is 9.97. The molecule has 1 aliphatic rings. The maximum Gasteiger partial charge on any atom is 0.250 e. The zero-order valence-electron chi connectivity index (χ0n) is 18.6. The Kier molecular flexibility index (Phi) is 5.55. The summed E-state index contributed by atoms with van der Waals surface area (Å²) in [4.78, 5) is 23.1. The van der Waals surface area contributed by atoms with Gasteiger partial charge in [0.05, 0.1) is 11.4 Å². The van der Waals surface area contributed by atoms with Crippen molar-refractivity contribution in [1.29, 1.82) is 0 Å². The van der Waals surface area contributed by atoms with Gasteiger partial charge in [0.15, 0.2) is 5.65 Å². The van der Waals surface area contributed by atoms with Gasteiger partial charge in [0, 0.05) is 17.8 Å². The minimum atomic E-state index is -0.155. The topological polar surface area (TPSA) is 99.2 Å². The number of ether oxygens (including phenoxy) is 1. The van der Waals surface area contributed by atoms with Crippen LogP contribution in [-0.4, -0.2) is 38.8 Å². The first-order valence-corrected chi connectivity index (χ1v) is 11.0. The van der Waals surface area contributed by atoms with Crippen molar-refractivity contribution in [2.45, 2.75) is 12.5 Å². The Bertz CT molecular complexity index is 1390. The second-order valence-corrected chi connectivity index (χ2v) is 8.01. The number of benzene rings is 2. The van der Waals surface area contributed by atoms with Gasteiger partial charge >= 0.3 is 0 Å². The van der Waals surface area contributed by atoms with Crippen LogP contribution in [0.15, 0.2) is 80.2 Å². The fraction of sp³-hybridized carbons (Fsp3) is 0.154. The molecule has 0 aliphatic carbocycles. The van der Waals surface area contributed by atoms with Crippen molar-refractivity contribution in [1.82, 2.24) is 19.7 Å². The fourth-order valence-corrected chi connectivity index (χ4v) is 4.37. The molecule has 0 saturated heterocycles. The van der Waals surface area contributed by atoms with Crippen molar-refractivity contribution in [3.63, 3.8) is 0 Å². The molecule has 4 aromatic rings. The summed E-state index contributed by atoms with van der Waals surface area (Å²) in [5, 5.41) is 5.62. The predicted molar refractivity (Wildman–Crippen MR) is 133 cm³/mol. The molecule has 2 aromatic carbocycles. The molecule has 1 amide bonds. The first-order chi connectivity index (χ1) is 16.6. The van der Waals surface area contributed by atoms with Gasteiger partial charge in [0.1, 0.15) is 30.2 Å². The summed E-state index contributed by atoms with van der Waals surface area (Å²) >= 11 is 0. The van der Waals surface area contributed by atoms with Crippen LogP contribution in [0.1, 0.15) is 11.6 Å². The second-order valence-electron chi connectivity index (χ2n) is 8.01. The fourth-order valence-electron chi connectivity index (χ4n) is 4.37. The van der Waals surface area contributed by atoms with Crippen molar-refractivity contribution >= 4 is 28.4 Å². The second kappa shape index (κ2) is 8.82. The van der Waals surface area contributed by atoms with Gasteiger partial charge in [0.2, 0.25) is 5.91 Å². The van der Waals surface area contributed by atoms with E-state index in [9.17, 15) is 4.79 Å². The van der Waals surface area contributed by atoms with E-state index in [2.05, 4.69) is 23.1 Å². The molecule has 0 spiro atoms. The van der Waals surface area contributed by atoms with E-state index in [0.717, 1.165) is 22.6 Å². The van der Waals surface area contributed by atoms with Crippen molar-refractivity contribution in [3.8, 4) is 17.0 Å². The Morgan fingerprint density at radius 2 is 1.94 bits per heavy atom. The van der Waals surface area contributed by atoms with Gasteiger partial charge < -0.3 is 15.4 Å². The number of nitrogens with zero attached hydrogens (tertiary/aromatic N) is 5. The minimum absolute atomic E-state index is 0.139. The largest absolute Gasteiger partial charge is 0.490 e. The highest BCUT2D eigenvalue weighted by molar-refractivity contribution is 6.02. The molecule has 0 radical (unpaired) electrons. The number of hydrogen-bond acceptors (Lipinski definition) is 6. The van der Waals surface area contributed by atoms with Crippen molar-refractivity contribution in [2.24, 2.45) is 0 Å². The molecule has 8 heteroatoms. The highest BCUT2D eigenvalue weighted by Crippen LogP contribution is 2.37. The maximum atomic E-state index is 12.7. The number of nitrogen functional groups attached to an aromatic ring is 1. The van der Waals surface area contributed by atoms with Gasteiger partial charge in [-0.25, -0.2) is 14.6 Å². The van der Waals surface area contributed by atoms with E-state index in [1.54, 1.807) is 11.0 Å². The third kappa shape index (κ3) is 3.69. The number of carbonyl (C=O) groups is 1. The monoisotopic (exact) mass is 452 g/mol. The molecule has 1 atom stereocenters. The first-order valence-electron chi connectivity index (χ1n) is 11.0. The molecule has 1 unspecified atom stereocenters. The van der Waals surface area contributed by atoms with E-state index in [4.69, 9.17) is 15.6 Å². The van der Waals surface area contributed by atoms with E-state index in [1.165, 1.54) is 12.4 Å². The molecule has 0 bridgehead atoms. The normalized spacial score (nSPS) is 15.1. The highest BCUT2D eigenvalue weighted by Gasteiger charge is 2.31. The molecule has 1 aliphatic heterocycles. The lowest BCUT2D eigenvalue weighted by Crippen LogP contribution is -2.40. The third-order valence-electron chi connectivity index (χ3n) is 5.93. The van der Waals surface area contributed by atoms with E-state index in [1.807, 2.05) is 53.2 Å². The lowest BCUT2D eigenvalue weighted by Gasteiger charge is -2.34. The van der Waals surface area contributed by atoms with E-state index in [-0.39, 0.29) is 11.9 Å². The number of para-hydroxylation sites is 1. The van der Waals surface area contributed by atoms with Crippen LogP contribution in [0.3, 0.4) is 0 Å². The van der Waals surface area contributed by atoms with E-state index in [0.29, 0.717) is 42.1 Å². The molecule has 2 aromatic heterocycles. The van der Waals surface area contributed by atoms with Gasteiger partial charge in [-0.15, -0.1) is 0 Å². The summed E-state index contributed by atoms with van der Waals surface area (Å²) < 4.78 is 7.46. The molecule has 0 fully saturated rings. The van der Waals surface area contributed by atoms with E-state index < -0.39 is 0 Å². The smallest absolute Gasteiger partial charge is 0.250 e. The summed E-state index contributed by atoms with van der Waals surface area (Å²) in [7, 11) is 0. The molecule has 3 heterocycles.